The molecule has 0 saturated heterocycles. The Balaban J connectivity index is 2.20. The van der Waals surface area contributed by atoms with Crippen molar-refractivity contribution in [2.75, 3.05) is 7.05 Å². The summed E-state index contributed by atoms with van der Waals surface area (Å²) in [6, 6.07) is 7.29. The van der Waals surface area contributed by atoms with Crippen LogP contribution in [0.4, 0.5) is 0 Å². The van der Waals surface area contributed by atoms with Crippen LogP contribution in [0, 0.1) is 13.8 Å². The minimum absolute atomic E-state index is 0.0207. The van der Waals surface area contributed by atoms with Crippen LogP contribution in [0.1, 0.15) is 51.5 Å². The van der Waals surface area contributed by atoms with E-state index in [1.807, 2.05) is 57.0 Å². The maximum atomic E-state index is 12.8. The number of aryl methyl sites for hydroxylation is 1. The molecule has 1 atom stereocenters. The van der Waals surface area contributed by atoms with Crippen molar-refractivity contribution in [1.82, 2.24) is 9.88 Å². The molecule has 1 aromatic carbocycles. The van der Waals surface area contributed by atoms with Crippen LogP contribution >= 0.6 is 11.6 Å². The quantitative estimate of drug-likeness (QED) is 0.798. The molecule has 0 amide bonds. The molecule has 4 nitrogen and oxygen atoms in total. The Morgan fingerprint density at radius 2 is 1.96 bits per heavy atom. The van der Waals surface area contributed by atoms with Gasteiger partial charge in [-0.2, -0.15) is 0 Å². The summed E-state index contributed by atoms with van der Waals surface area (Å²) in [5, 5.41) is 0.682. The first-order valence-corrected chi connectivity index (χ1v) is 8.29. The Kier molecular flexibility index (Phi) is 5.62. The van der Waals surface area contributed by atoms with Crippen molar-refractivity contribution in [3.8, 4) is 0 Å². The Hall–Kier alpha value is -1.91. The molecule has 5 heteroatoms. The lowest BCUT2D eigenvalue weighted by Crippen LogP contribution is -2.36. The summed E-state index contributed by atoms with van der Waals surface area (Å²) in [5.74, 6) is -0.0483. The predicted octanol–water partition coefficient (Wildman–Crippen LogP) is 4.19. The summed E-state index contributed by atoms with van der Waals surface area (Å²) < 4.78 is 0. The normalized spacial score (nSPS) is 12.5. The number of likely N-dealkylation sites (N-methyl/N-ethyl adjacent to an activating group) is 1. The van der Waals surface area contributed by atoms with E-state index in [9.17, 15) is 9.59 Å². The number of ketones is 2. The number of Topliss-reactive ketones (excluding diaryl/α,β-unsaturated/α-hetero) is 2. The van der Waals surface area contributed by atoms with Gasteiger partial charge in [0, 0.05) is 22.8 Å². The van der Waals surface area contributed by atoms with Crippen LogP contribution in [0.25, 0.3) is 0 Å². The fraction of sp³-hybridized carbons (Fsp3) is 0.368. The SMILES string of the molecule is CC(=O)c1c(C)[nH]c(C(=O)C(C)N(C)Cc2cccc(Cl)c2)c1C. The second-order valence-corrected chi connectivity index (χ2v) is 6.70. The molecule has 0 aliphatic heterocycles. The number of benzene rings is 1. The number of carbonyl (C=O) groups excluding carboxylic acids is 2. The molecule has 2 rings (SSSR count). The third-order valence-electron chi connectivity index (χ3n) is 4.40. The van der Waals surface area contributed by atoms with Crippen LogP contribution < -0.4 is 0 Å². The minimum Gasteiger partial charge on any atom is -0.355 e. The molecule has 1 aromatic heterocycles. The summed E-state index contributed by atoms with van der Waals surface area (Å²) in [5.41, 5.74) is 3.65. The molecule has 0 spiro atoms. The van der Waals surface area contributed by atoms with Gasteiger partial charge in [-0.3, -0.25) is 14.5 Å². The standard InChI is InChI=1S/C19H23ClN2O2/c1-11-17(14(4)23)12(2)21-18(11)19(24)13(3)22(5)10-15-7-6-8-16(20)9-15/h6-9,13,21H,10H2,1-5H3. The van der Waals surface area contributed by atoms with E-state index >= 15 is 0 Å². The van der Waals surface area contributed by atoms with Crippen LogP contribution in [0.3, 0.4) is 0 Å². The van der Waals surface area contributed by atoms with E-state index in [1.54, 1.807) is 0 Å². The highest BCUT2D eigenvalue weighted by Crippen LogP contribution is 2.21. The molecule has 1 unspecified atom stereocenters. The number of aromatic nitrogens is 1. The van der Waals surface area contributed by atoms with Crippen LogP contribution in [0.2, 0.25) is 5.02 Å². The molecule has 128 valence electrons. The van der Waals surface area contributed by atoms with Gasteiger partial charge in [-0.05, 0) is 58.0 Å². The number of hydrogen-bond acceptors (Lipinski definition) is 3. The first-order chi connectivity index (χ1) is 11.2. The van der Waals surface area contributed by atoms with Crippen molar-refractivity contribution < 1.29 is 9.59 Å². The Labute approximate surface area is 147 Å². The summed E-state index contributed by atoms with van der Waals surface area (Å²) in [7, 11) is 1.90. The molecular formula is C19H23ClN2O2. The molecule has 2 aromatic rings. The van der Waals surface area contributed by atoms with Crippen molar-refractivity contribution in [3.63, 3.8) is 0 Å². The number of nitrogens with one attached hydrogen (secondary N) is 1. The van der Waals surface area contributed by atoms with E-state index < -0.39 is 0 Å². The molecule has 0 bridgehead atoms. The van der Waals surface area contributed by atoms with Gasteiger partial charge in [-0.15, -0.1) is 0 Å². The van der Waals surface area contributed by atoms with Crippen molar-refractivity contribution >= 4 is 23.2 Å². The van der Waals surface area contributed by atoms with E-state index in [-0.39, 0.29) is 17.6 Å². The summed E-state index contributed by atoms with van der Waals surface area (Å²) >= 11 is 6.01. The molecule has 24 heavy (non-hydrogen) atoms. The number of H-pyrrole nitrogens is 1. The van der Waals surface area contributed by atoms with Crippen molar-refractivity contribution in [2.45, 2.75) is 40.3 Å². The predicted molar refractivity (Wildman–Crippen MR) is 97.0 cm³/mol. The van der Waals surface area contributed by atoms with Gasteiger partial charge >= 0.3 is 0 Å². The molecule has 0 aliphatic carbocycles. The smallest absolute Gasteiger partial charge is 0.196 e. The minimum atomic E-state index is -0.319. The van der Waals surface area contributed by atoms with Gasteiger partial charge in [0.05, 0.1) is 11.7 Å². The summed E-state index contributed by atoms with van der Waals surface area (Å²) in [6.07, 6.45) is 0. The average molecular weight is 347 g/mol. The van der Waals surface area contributed by atoms with Gasteiger partial charge < -0.3 is 4.98 Å². The van der Waals surface area contributed by atoms with Crippen molar-refractivity contribution in [3.05, 3.63) is 57.4 Å². The number of hydrogen-bond donors (Lipinski definition) is 1. The van der Waals surface area contributed by atoms with Crippen LogP contribution in [-0.4, -0.2) is 34.5 Å². The highest BCUT2D eigenvalue weighted by molar-refractivity contribution is 6.30. The van der Waals surface area contributed by atoms with E-state index in [4.69, 9.17) is 11.6 Å². The third kappa shape index (κ3) is 3.77. The van der Waals surface area contributed by atoms with Gasteiger partial charge in [-0.25, -0.2) is 0 Å². The lowest BCUT2D eigenvalue weighted by atomic mass is 10.0. The molecular weight excluding hydrogens is 324 g/mol. The maximum Gasteiger partial charge on any atom is 0.196 e. The van der Waals surface area contributed by atoms with Gasteiger partial charge in [-0.1, -0.05) is 23.7 Å². The van der Waals surface area contributed by atoms with Crippen molar-refractivity contribution in [2.24, 2.45) is 0 Å². The Bertz CT molecular complexity index is 780. The molecule has 1 heterocycles. The second-order valence-electron chi connectivity index (χ2n) is 6.27. The van der Waals surface area contributed by atoms with Crippen LogP contribution in [0.5, 0.6) is 0 Å². The monoisotopic (exact) mass is 346 g/mol. The van der Waals surface area contributed by atoms with Gasteiger partial charge in [0.25, 0.3) is 0 Å². The van der Waals surface area contributed by atoms with Gasteiger partial charge in [0.2, 0.25) is 0 Å². The van der Waals surface area contributed by atoms with E-state index in [1.165, 1.54) is 6.92 Å². The van der Waals surface area contributed by atoms with Gasteiger partial charge in [0.1, 0.15) is 0 Å². The summed E-state index contributed by atoms with van der Waals surface area (Å²) in [6.45, 7) is 7.64. The average Bonchev–Trinajstić information content (AvgIpc) is 2.80. The first-order valence-electron chi connectivity index (χ1n) is 7.91. The molecule has 0 radical (unpaired) electrons. The Morgan fingerprint density at radius 3 is 2.50 bits per heavy atom. The largest absolute Gasteiger partial charge is 0.355 e. The maximum absolute atomic E-state index is 12.8. The molecule has 0 saturated carbocycles. The number of nitrogens with zero attached hydrogens (tertiary/aromatic N) is 1. The lowest BCUT2D eigenvalue weighted by molar-refractivity contribution is 0.0856. The zero-order valence-electron chi connectivity index (χ0n) is 14.7. The van der Waals surface area contributed by atoms with Crippen LogP contribution in [-0.2, 0) is 6.54 Å². The fourth-order valence-electron chi connectivity index (χ4n) is 2.99. The van der Waals surface area contributed by atoms with Gasteiger partial charge in [0.15, 0.2) is 11.6 Å². The zero-order chi connectivity index (χ0) is 18.0. The number of carbonyl (C=O) groups is 2. The topological polar surface area (TPSA) is 53.2 Å². The van der Waals surface area contributed by atoms with Crippen LogP contribution in [0.15, 0.2) is 24.3 Å². The number of halogens is 1. The fourth-order valence-corrected chi connectivity index (χ4v) is 3.21. The second kappa shape index (κ2) is 7.32. The molecule has 1 N–H and O–H groups in total. The molecule has 0 fully saturated rings. The van der Waals surface area contributed by atoms with Crippen molar-refractivity contribution in [1.29, 1.82) is 0 Å². The Morgan fingerprint density at radius 1 is 1.29 bits per heavy atom. The summed E-state index contributed by atoms with van der Waals surface area (Å²) in [4.78, 5) is 29.6. The van der Waals surface area contributed by atoms with E-state index in [0.29, 0.717) is 22.8 Å². The first kappa shape index (κ1) is 18.4. The zero-order valence-corrected chi connectivity index (χ0v) is 15.5. The highest BCUT2D eigenvalue weighted by Gasteiger charge is 2.25. The number of aromatic amines is 1. The molecule has 0 aliphatic rings. The highest BCUT2D eigenvalue weighted by atomic mass is 35.5. The van der Waals surface area contributed by atoms with E-state index in [2.05, 4.69) is 4.98 Å². The van der Waals surface area contributed by atoms with E-state index in [0.717, 1.165) is 16.8 Å². The third-order valence-corrected chi connectivity index (χ3v) is 4.63. The lowest BCUT2D eigenvalue weighted by Gasteiger charge is -2.23. The number of rotatable bonds is 6.